The number of nitrogens with zero attached hydrogens (tertiary/aromatic N) is 1. The van der Waals surface area contributed by atoms with Crippen LogP contribution in [0.15, 0.2) is 0 Å². The number of likely N-dealkylation sites (tertiary alicyclic amines) is 1. The Kier molecular flexibility index (Phi) is 3.13. The fourth-order valence-electron chi connectivity index (χ4n) is 2.20. The zero-order valence-corrected chi connectivity index (χ0v) is 8.64. The minimum Gasteiger partial charge on any atom is -0.330 e. The maximum atomic E-state index is 5.77. The van der Waals surface area contributed by atoms with E-state index in [2.05, 4.69) is 25.8 Å². The van der Waals surface area contributed by atoms with Crippen molar-refractivity contribution in [2.24, 2.45) is 11.1 Å². The molecule has 2 nitrogen and oxygen atoms in total. The highest BCUT2D eigenvalue weighted by Crippen LogP contribution is 2.30. The molecule has 1 fully saturated rings. The Morgan fingerprint density at radius 1 is 1.42 bits per heavy atom. The summed E-state index contributed by atoms with van der Waals surface area (Å²) in [6, 6.07) is 0.691. The highest BCUT2D eigenvalue weighted by Gasteiger charge is 2.32. The lowest BCUT2D eigenvalue weighted by molar-refractivity contribution is 0.0815. The topological polar surface area (TPSA) is 29.3 Å². The van der Waals surface area contributed by atoms with Crippen LogP contribution in [-0.4, -0.2) is 31.1 Å². The quantitative estimate of drug-likeness (QED) is 0.680. The zero-order valence-electron chi connectivity index (χ0n) is 8.64. The largest absolute Gasteiger partial charge is 0.330 e. The van der Waals surface area contributed by atoms with E-state index in [0.717, 1.165) is 6.54 Å². The predicted octanol–water partition coefficient (Wildman–Crippen LogP) is 1.46. The molecule has 2 heteroatoms. The summed E-state index contributed by atoms with van der Waals surface area (Å²) in [6.45, 7) is 6.59. The molecule has 1 aliphatic rings. The smallest absolute Gasteiger partial charge is 0.0155 e. The normalized spacial score (nSPS) is 27.5. The molecular weight excluding hydrogens is 148 g/mol. The second-order valence-corrected chi connectivity index (χ2v) is 4.68. The first-order valence-electron chi connectivity index (χ1n) is 4.98. The minimum atomic E-state index is 0.287. The van der Waals surface area contributed by atoms with Gasteiger partial charge in [-0.2, -0.15) is 0 Å². The van der Waals surface area contributed by atoms with Crippen LogP contribution in [0.5, 0.6) is 0 Å². The van der Waals surface area contributed by atoms with Gasteiger partial charge in [0.15, 0.2) is 0 Å². The molecule has 1 heterocycles. The van der Waals surface area contributed by atoms with Gasteiger partial charge < -0.3 is 10.6 Å². The van der Waals surface area contributed by atoms with Crippen LogP contribution in [0.2, 0.25) is 0 Å². The van der Waals surface area contributed by atoms with E-state index in [4.69, 9.17) is 5.73 Å². The third-order valence-electron chi connectivity index (χ3n) is 3.20. The van der Waals surface area contributed by atoms with Crippen molar-refractivity contribution < 1.29 is 0 Å². The minimum absolute atomic E-state index is 0.287. The predicted molar refractivity (Wildman–Crippen MR) is 53.1 cm³/mol. The monoisotopic (exact) mass is 170 g/mol. The van der Waals surface area contributed by atoms with Gasteiger partial charge in [0.1, 0.15) is 0 Å². The first kappa shape index (κ1) is 10.0. The van der Waals surface area contributed by atoms with Crippen LogP contribution >= 0.6 is 0 Å². The summed E-state index contributed by atoms with van der Waals surface area (Å²) in [5.74, 6) is 0. The fourth-order valence-corrected chi connectivity index (χ4v) is 2.20. The average molecular weight is 170 g/mol. The Labute approximate surface area is 76.1 Å². The summed E-state index contributed by atoms with van der Waals surface area (Å²) in [6.07, 6.45) is 4.05. The number of hydrogen-bond acceptors (Lipinski definition) is 2. The Balaban J connectivity index is 2.58. The fraction of sp³-hybridized carbons (Fsp3) is 1.00. The van der Waals surface area contributed by atoms with E-state index in [9.17, 15) is 0 Å². The second-order valence-electron chi connectivity index (χ2n) is 4.68. The van der Waals surface area contributed by atoms with E-state index in [1.165, 1.54) is 25.8 Å². The van der Waals surface area contributed by atoms with E-state index in [0.29, 0.717) is 6.04 Å². The van der Waals surface area contributed by atoms with Gasteiger partial charge in [0.2, 0.25) is 0 Å². The highest BCUT2D eigenvalue weighted by molar-refractivity contribution is 4.88. The molecule has 1 atom stereocenters. The summed E-state index contributed by atoms with van der Waals surface area (Å²) in [5, 5.41) is 0. The van der Waals surface area contributed by atoms with Crippen LogP contribution in [0.25, 0.3) is 0 Å². The Morgan fingerprint density at radius 3 is 2.58 bits per heavy atom. The Bertz CT molecular complexity index is 143. The van der Waals surface area contributed by atoms with Crippen molar-refractivity contribution >= 4 is 0 Å². The molecule has 72 valence electrons. The van der Waals surface area contributed by atoms with E-state index in [-0.39, 0.29) is 5.41 Å². The van der Waals surface area contributed by atoms with Gasteiger partial charge in [-0.3, -0.25) is 0 Å². The van der Waals surface area contributed by atoms with Crippen molar-refractivity contribution in [3.63, 3.8) is 0 Å². The lowest BCUT2D eigenvalue weighted by atomic mass is 9.79. The molecule has 2 N–H and O–H groups in total. The summed E-state index contributed by atoms with van der Waals surface area (Å²) >= 11 is 0. The van der Waals surface area contributed by atoms with Gasteiger partial charge in [0.05, 0.1) is 0 Å². The van der Waals surface area contributed by atoms with Crippen molar-refractivity contribution in [1.82, 2.24) is 4.90 Å². The molecule has 0 bridgehead atoms. The van der Waals surface area contributed by atoms with E-state index < -0.39 is 0 Å². The molecule has 0 saturated carbocycles. The Hall–Kier alpha value is -0.0800. The lowest BCUT2D eigenvalue weighted by Gasteiger charge is -2.42. The van der Waals surface area contributed by atoms with Crippen molar-refractivity contribution in [1.29, 1.82) is 0 Å². The van der Waals surface area contributed by atoms with Gasteiger partial charge in [-0.15, -0.1) is 0 Å². The molecule has 0 spiro atoms. The van der Waals surface area contributed by atoms with Gasteiger partial charge in [-0.1, -0.05) is 20.3 Å². The number of piperidine rings is 1. The van der Waals surface area contributed by atoms with Crippen molar-refractivity contribution in [3.05, 3.63) is 0 Å². The van der Waals surface area contributed by atoms with Crippen LogP contribution in [0.3, 0.4) is 0 Å². The lowest BCUT2D eigenvalue weighted by Crippen LogP contribution is -2.49. The van der Waals surface area contributed by atoms with Crippen molar-refractivity contribution in [2.75, 3.05) is 20.1 Å². The third kappa shape index (κ3) is 1.99. The van der Waals surface area contributed by atoms with E-state index >= 15 is 0 Å². The highest BCUT2D eigenvalue weighted by atomic mass is 15.1. The molecule has 0 aliphatic carbocycles. The van der Waals surface area contributed by atoms with Crippen molar-refractivity contribution in [2.45, 2.75) is 39.2 Å². The van der Waals surface area contributed by atoms with Gasteiger partial charge in [0, 0.05) is 6.04 Å². The maximum absolute atomic E-state index is 5.77. The molecule has 1 rings (SSSR count). The number of rotatable bonds is 2. The zero-order chi connectivity index (χ0) is 9.19. The van der Waals surface area contributed by atoms with Crippen LogP contribution < -0.4 is 5.73 Å². The number of nitrogens with two attached hydrogens (primary N) is 1. The van der Waals surface area contributed by atoms with Crippen molar-refractivity contribution in [3.8, 4) is 0 Å². The summed E-state index contributed by atoms with van der Waals surface area (Å²) < 4.78 is 0. The van der Waals surface area contributed by atoms with E-state index in [1.807, 2.05) is 0 Å². The summed E-state index contributed by atoms with van der Waals surface area (Å²) in [5.41, 5.74) is 6.06. The standard InChI is InChI=1S/C10H22N2/c1-10(2,8-11)9-6-4-5-7-12(9)3/h9H,4-8,11H2,1-3H3. The van der Waals surface area contributed by atoms with Gasteiger partial charge in [-0.05, 0) is 38.4 Å². The van der Waals surface area contributed by atoms with E-state index in [1.54, 1.807) is 0 Å². The number of hydrogen-bond donors (Lipinski definition) is 1. The van der Waals surface area contributed by atoms with Gasteiger partial charge >= 0.3 is 0 Å². The van der Waals surface area contributed by atoms with Crippen LogP contribution in [-0.2, 0) is 0 Å². The van der Waals surface area contributed by atoms with Gasteiger partial charge in [-0.25, -0.2) is 0 Å². The van der Waals surface area contributed by atoms with Gasteiger partial charge in [0.25, 0.3) is 0 Å². The summed E-state index contributed by atoms with van der Waals surface area (Å²) in [7, 11) is 2.22. The second kappa shape index (κ2) is 3.75. The molecule has 0 aromatic heterocycles. The first-order chi connectivity index (χ1) is 5.58. The van der Waals surface area contributed by atoms with Crippen LogP contribution in [0.1, 0.15) is 33.1 Å². The molecule has 1 aliphatic heterocycles. The molecule has 0 radical (unpaired) electrons. The maximum Gasteiger partial charge on any atom is 0.0155 e. The van der Waals surface area contributed by atoms with Crippen LogP contribution in [0.4, 0.5) is 0 Å². The summed E-state index contributed by atoms with van der Waals surface area (Å²) in [4.78, 5) is 2.47. The molecule has 1 unspecified atom stereocenters. The molecule has 0 amide bonds. The Morgan fingerprint density at radius 2 is 2.08 bits per heavy atom. The SMILES string of the molecule is CN1CCCCC1C(C)(C)CN. The first-order valence-corrected chi connectivity index (χ1v) is 4.98. The average Bonchev–Trinajstić information content (AvgIpc) is 2.05. The molecule has 12 heavy (non-hydrogen) atoms. The molecule has 1 saturated heterocycles. The molecule has 0 aromatic carbocycles. The molecule has 0 aromatic rings. The van der Waals surface area contributed by atoms with Crippen LogP contribution in [0, 0.1) is 5.41 Å². The third-order valence-corrected chi connectivity index (χ3v) is 3.20. The molecular formula is C10H22N2.